The van der Waals surface area contributed by atoms with E-state index in [1.807, 2.05) is 0 Å². The molecule has 0 spiro atoms. The lowest BCUT2D eigenvalue weighted by Crippen LogP contribution is -2.25. The Kier molecular flexibility index (Phi) is 7.72. The van der Waals surface area contributed by atoms with Gasteiger partial charge in [0.05, 0.1) is 11.5 Å². The van der Waals surface area contributed by atoms with E-state index in [0.29, 0.717) is 30.9 Å². The minimum Gasteiger partial charge on any atom is -0.426 e. The standard InChI is InChI=1S/C25H22F6O2/c1-2-3-15-4-6-16(7-5-15)24(32)33-18-8-9-19(23(28)14-18)17-12-21(26)20(22(27)13-17)10-11-25(29,30)31/h8-9,12-16H,2-7H2,1H3. The van der Waals surface area contributed by atoms with E-state index in [0.717, 1.165) is 37.7 Å². The summed E-state index contributed by atoms with van der Waals surface area (Å²) in [7, 11) is 0. The van der Waals surface area contributed by atoms with Crippen molar-refractivity contribution in [1.82, 2.24) is 0 Å². The first-order valence-corrected chi connectivity index (χ1v) is 10.7. The van der Waals surface area contributed by atoms with Crippen LogP contribution in [0.2, 0.25) is 0 Å². The fraction of sp³-hybridized carbons (Fsp3) is 0.400. The third-order valence-electron chi connectivity index (χ3n) is 5.72. The number of carbonyl (C=O) groups is 1. The molecular weight excluding hydrogens is 446 g/mol. The molecule has 8 heteroatoms. The van der Waals surface area contributed by atoms with Crippen LogP contribution < -0.4 is 4.74 Å². The molecule has 0 atom stereocenters. The van der Waals surface area contributed by atoms with Gasteiger partial charge >= 0.3 is 12.1 Å². The molecule has 1 saturated carbocycles. The molecule has 2 nitrogen and oxygen atoms in total. The number of ether oxygens (including phenoxy) is 1. The molecule has 176 valence electrons. The number of halogens is 6. The van der Waals surface area contributed by atoms with E-state index < -0.39 is 35.2 Å². The summed E-state index contributed by atoms with van der Waals surface area (Å²) in [5, 5.41) is 0. The second-order valence-electron chi connectivity index (χ2n) is 8.13. The maximum absolute atomic E-state index is 14.6. The Bertz CT molecular complexity index is 1050. The van der Waals surface area contributed by atoms with E-state index in [2.05, 4.69) is 6.92 Å². The minimum absolute atomic E-state index is 0.0365. The smallest absolute Gasteiger partial charge is 0.426 e. The van der Waals surface area contributed by atoms with Crippen molar-refractivity contribution in [3.8, 4) is 28.7 Å². The molecule has 0 unspecified atom stereocenters. The van der Waals surface area contributed by atoms with Crippen molar-refractivity contribution in [2.75, 3.05) is 0 Å². The second-order valence-corrected chi connectivity index (χ2v) is 8.13. The first-order chi connectivity index (χ1) is 15.6. The molecule has 0 amide bonds. The average molecular weight is 468 g/mol. The van der Waals surface area contributed by atoms with Crippen LogP contribution in [0.3, 0.4) is 0 Å². The molecule has 2 aromatic carbocycles. The molecule has 0 radical (unpaired) electrons. The van der Waals surface area contributed by atoms with Crippen molar-refractivity contribution >= 4 is 5.97 Å². The quantitative estimate of drug-likeness (QED) is 0.201. The summed E-state index contributed by atoms with van der Waals surface area (Å²) in [5.74, 6) is -1.52. The zero-order chi connectivity index (χ0) is 24.2. The topological polar surface area (TPSA) is 26.3 Å². The molecule has 1 aliphatic carbocycles. The Morgan fingerprint density at radius 2 is 1.64 bits per heavy atom. The number of hydrogen-bond donors (Lipinski definition) is 0. The lowest BCUT2D eigenvalue weighted by Gasteiger charge is -2.26. The van der Waals surface area contributed by atoms with Gasteiger partial charge in [-0.15, -0.1) is 0 Å². The van der Waals surface area contributed by atoms with E-state index in [4.69, 9.17) is 4.74 Å². The van der Waals surface area contributed by atoms with E-state index in [1.54, 1.807) is 0 Å². The maximum atomic E-state index is 14.6. The van der Waals surface area contributed by atoms with Crippen molar-refractivity contribution in [2.24, 2.45) is 11.8 Å². The van der Waals surface area contributed by atoms with E-state index in [-0.39, 0.29) is 22.8 Å². The minimum atomic E-state index is -4.91. The van der Waals surface area contributed by atoms with E-state index in [9.17, 15) is 31.1 Å². The second kappa shape index (κ2) is 10.3. The van der Waals surface area contributed by atoms with Crippen molar-refractivity contribution < 1.29 is 35.9 Å². The Hall–Kier alpha value is -2.95. The van der Waals surface area contributed by atoms with Crippen LogP contribution in [0.15, 0.2) is 30.3 Å². The van der Waals surface area contributed by atoms with Gasteiger partial charge in [-0.1, -0.05) is 25.7 Å². The van der Waals surface area contributed by atoms with E-state index in [1.165, 1.54) is 18.1 Å². The molecule has 1 fully saturated rings. The highest BCUT2D eigenvalue weighted by Crippen LogP contribution is 2.33. The van der Waals surface area contributed by atoms with Crippen LogP contribution in [-0.4, -0.2) is 12.1 Å². The summed E-state index contributed by atoms with van der Waals surface area (Å²) in [6.45, 7) is 2.12. The highest BCUT2D eigenvalue weighted by molar-refractivity contribution is 5.75. The van der Waals surface area contributed by atoms with Crippen molar-refractivity contribution in [3.05, 3.63) is 53.3 Å². The number of hydrogen-bond acceptors (Lipinski definition) is 2. The summed E-state index contributed by atoms with van der Waals surface area (Å²) in [6.07, 6.45) is 0.640. The van der Waals surface area contributed by atoms with Crippen molar-refractivity contribution in [2.45, 2.75) is 51.6 Å². The number of alkyl halides is 3. The first kappa shape index (κ1) is 24.7. The molecule has 0 aliphatic heterocycles. The van der Waals surface area contributed by atoms with Gasteiger partial charge in [0, 0.05) is 17.6 Å². The first-order valence-electron chi connectivity index (χ1n) is 10.7. The lowest BCUT2D eigenvalue weighted by atomic mass is 9.80. The normalized spacial score (nSPS) is 18.4. The Labute approximate surface area is 187 Å². The van der Waals surface area contributed by atoms with Gasteiger partial charge in [0.25, 0.3) is 0 Å². The van der Waals surface area contributed by atoms with Gasteiger partial charge in [-0.05, 0) is 61.4 Å². The number of carbonyl (C=O) groups excluding carboxylic acids is 1. The Balaban J connectivity index is 1.73. The largest absolute Gasteiger partial charge is 0.458 e. The summed E-state index contributed by atoms with van der Waals surface area (Å²) in [5.41, 5.74) is -1.49. The zero-order valence-electron chi connectivity index (χ0n) is 17.9. The van der Waals surface area contributed by atoms with Gasteiger partial charge in [-0.3, -0.25) is 4.79 Å². The highest BCUT2D eigenvalue weighted by Gasteiger charge is 2.28. The highest BCUT2D eigenvalue weighted by atomic mass is 19.4. The molecule has 0 heterocycles. The van der Waals surface area contributed by atoms with Crippen LogP contribution in [0.1, 0.15) is 51.0 Å². The van der Waals surface area contributed by atoms with Crippen LogP contribution in [0, 0.1) is 41.1 Å². The van der Waals surface area contributed by atoms with E-state index >= 15 is 0 Å². The van der Waals surface area contributed by atoms with Gasteiger partial charge in [0.15, 0.2) is 0 Å². The van der Waals surface area contributed by atoms with Crippen LogP contribution in [0.5, 0.6) is 5.75 Å². The van der Waals surface area contributed by atoms with Gasteiger partial charge in [-0.2, -0.15) is 13.2 Å². The van der Waals surface area contributed by atoms with Gasteiger partial charge in [0.2, 0.25) is 0 Å². The number of rotatable bonds is 5. The van der Waals surface area contributed by atoms with Crippen LogP contribution in [0.25, 0.3) is 11.1 Å². The molecule has 1 aliphatic rings. The van der Waals surface area contributed by atoms with Crippen LogP contribution in [0.4, 0.5) is 26.3 Å². The third kappa shape index (κ3) is 6.53. The fourth-order valence-electron chi connectivity index (χ4n) is 4.07. The SMILES string of the molecule is CCCC1CCC(C(=O)Oc2ccc(-c3cc(F)c(C#CC(F)(F)F)c(F)c3)c(F)c2)CC1. The van der Waals surface area contributed by atoms with Crippen molar-refractivity contribution in [1.29, 1.82) is 0 Å². The summed E-state index contributed by atoms with van der Waals surface area (Å²) in [4.78, 5) is 12.4. The Morgan fingerprint density at radius 3 is 2.18 bits per heavy atom. The average Bonchev–Trinajstić information content (AvgIpc) is 2.73. The van der Waals surface area contributed by atoms with Crippen LogP contribution in [-0.2, 0) is 4.79 Å². The monoisotopic (exact) mass is 468 g/mol. The summed E-state index contributed by atoms with van der Waals surface area (Å²) in [6, 6.07) is 4.81. The molecular formula is C25H22F6O2. The van der Waals surface area contributed by atoms with Crippen LogP contribution >= 0.6 is 0 Å². The van der Waals surface area contributed by atoms with Crippen molar-refractivity contribution in [3.63, 3.8) is 0 Å². The predicted octanol–water partition coefficient (Wildman–Crippen LogP) is 7.20. The maximum Gasteiger partial charge on any atom is 0.458 e. The van der Waals surface area contributed by atoms with Gasteiger partial charge in [-0.25, -0.2) is 13.2 Å². The molecule has 0 N–H and O–H groups in total. The van der Waals surface area contributed by atoms with Gasteiger partial charge < -0.3 is 4.74 Å². The lowest BCUT2D eigenvalue weighted by molar-refractivity contribution is -0.140. The molecule has 2 aromatic rings. The molecule has 0 aromatic heterocycles. The molecule has 0 bridgehead atoms. The third-order valence-corrected chi connectivity index (χ3v) is 5.72. The molecule has 3 rings (SSSR count). The molecule has 33 heavy (non-hydrogen) atoms. The zero-order valence-corrected chi connectivity index (χ0v) is 17.9. The fourth-order valence-corrected chi connectivity index (χ4v) is 4.07. The van der Waals surface area contributed by atoms with Gasteiger partial charge in [0.1, 0.15) is 23.2 Å². The summed E-state index contributed by atoms with van der Waals surface area (Å²) < 4.78 is 84.8. The predicted molar refractivity (Wildman–Crippen MR) is 111 cm³/mol. The molecule has 0 saturated heterocycles. The Morgan fingerprint density at radius 1 is 1.00 bits per heavy atom. The number of esters is 1. The number of benzene rings is 2. The summed E-state index contributed by atoms with van der Waals surface area (Å²) >= 11 is 0.